The summed E-state index contributed by atoms with van der Waals surface area (Å²) in [6, 6.07) is 12.8. The van der Waals surface area contributed by atoms with Crippen LogP contribution in [0.15, 0.2) is 48.5 Å². The Morgan fingerprint density at radius 3 is 2.12 bits per heavy atom. The van der Waals surface area contributed by atoms with E-state index in [-0.39, 0.29) is 0 Å². The number of alkyl halides is 3. The predicted molar refractivity (Wildman–Crippen MR) is 66.2 cm³/mol. The van der Waals surface area contributed by atoms with Crippen LogP contribution in [0.4, 0.5) is 13.2 Å². The molecule has 88 valence electrons. The number of hydrogen-bond acceptors (Lipinski definition) is 0. The van der Waals surface area contributed by atoms with E-state index in [0.717, 1.165) is 16.9 Å². The van der Waals surface area contributed by atoms with E-state index >= 15 is 0 Å². The maximum absolute atomic E-state index is 12.6. The molecule has 0 saturated heterocycles. The van der Waals surface area contributed by atoms with Crippen molar-refractivity contribution in [3.05, 3.63) is 54.1 Å². The third-order valence-electron chi connectivity index (χ3n) is 2.47. The first-order valence-electron chi connectivity index (χ1n) is 5.00. The molecule has 0 aliphatic heterocycles. The van der Waals surface area contributed by atoms with Gasteiger partial charge in [-0.2, -0.15) is 13.2 Å². The van der Waals surface area contributed by atoms with Gasteiger partial charge >= 0.3 is 6.18 Å². The summed E-state index contributed by atoms with van der Waals surface area (Å²) in [6.07, 6.45) is -4.30. The molecule has 0 heterocycles. The second-order valence-corrected chi connectivity index (χ2v) is 4.29. The van der Waals surface area contributed by atoms with Crippen LogP contribution >= 0.6 is 9.24 Å². The fourth-order valence-electron chi connectivity index (χ4n) is 1.60. The summed E-state index contributed by atoms with van der Waals surface area (Å²) >= 11 is 0. The quantitative estimate of drug-likeness (QED) is 0.677. The number of benzene rings is 2. The van der Waals surface area contributed by atoms with Gasteiger partial charge in [-0.25, -0.2) is 0 Å². The SMILES string of the molecule is FC(F)(F)c1ccc(P)c(-c2ccccc2)c1. The molecule has 0 N–H and O–H groups in total. The number of halogens is 3. The molecule has 0 bridgehead atoms. The Morgan fingerprint density at radius 1 is 0.882 bits per heavy atom. The Labute approximate surface area is 99.7 Å². The van der Waals surface area contributed by atoms with Gasteiger partial charge in [0.15, 0.2) is 0 Å². The van der Waals surface area contributed by atoms with Crippen LogP contribution in [0.3, 0.4) is 0 Å². The first-order chi connectivity index (χ1) is 7.98. The molecule has 0 aliphatic rings. The van der Waals surface area contributed by atoms with Gasteiger partial charge in [0.2, 0.25) is 0 Å². The highest BCUT2D eigenvalue weighted by atomic mass is 31.0. The van der Waals surface area contributed by atoms with Gasteiger partial charge in [-0.05, 0) is 28.6 Å². The zero-order chi connectivity index (χ0) is 12.5. The Kier molecular flexibility index (Phi) is 3.21. The topological polar surface area (TPSA) is 0 Å². The second kappa shape index (κ2) is 4.50. The van der Waals surface area contributed by atoms with Crippen molar-refractivity contribution in [3.63, 3.8) is 0 Å². The molecular formula is C13H10F3P. The molecular weight excluding hydrogens is 244 g/mol. The highest BCUT2D eigenvalue weighted by Gasteiger charge is 2.30. The smallest absolute Gasteiger partial charge is 0.166 e. The van der Waals surface area contributed by atoms with Gasteiger partial charge in [0.1, 0.15) is 0 Å². The lowest BCUT2D eigenvalue weighted by Crippen LogP contribution is -2.08. The monoisotopic (exact) mass is 254 g/mol. The summed E-state index contributed by atoms with van der Waals surface area (Å²) < 4.78 is 37.8. The lowest BCUT2D eigenvalue weighted by atomic mass is 10.0. The third kappa shape index (κ3) is 2.67. The molecule has 0 saturated carbocycles. The predicted octanol–water partition coefficient (Wildman–Crippen LogP) is 3.87. The average molecular weight is 254 g/mol. The van der Waals surface area contributed by atoms with Crippen LogP contribution < -0.4 is 5.30 Å². The molecule has 0 amide bonds. The summed E-state index contributed by atoms with van der Waals surface area (Å²) in [5, 5.41) is 0.754. The molecule has 4 heteroatoms. The Balaban J connectivity index is 2.55. The zero-order valence-corrected chi connectivity index (χ0v) is 9.98. The molecule has 0 spiro atoms. The first kappa shape index (κ1) is 12.1. The molecule has 0 radical (unpaired) electrons. The minimum Gasteiger partial charge on any atom is -0.166 e. The second-order valence-electron chi connectivity index (χ2n) is 3.67. The van der Waals surface area contributed by atoms with Crippen molar-refractivity contribution >= 4 is 14.5 Å². The van der Waals surface area contributed by atoms with E-state index in [1.165, 1.54) is 12.1 Å². The van der Waals surface area contributed by atoms with Crippen LogP contribution in [0.5, 0.6) is 0 Å². The molecule has 1 atom stereocenters. The lowest BCUT2D eigenvalue weighted by molar-refractivity contribution is -0.137. The number of rotatable bonds is 1. The van der Waals surface area contributed by atoms with Crippen LogP contribution in [0.25, 0.3) is 11.1 Å². The van der Waals surface area contributed by atoms with E-state index in [1.807, 2.05) is 6.07 Å². The van der Waals surface area contributed by atoms with E-state index in [9.17, 15) is 13.2 Å². The first-order valence-corrected chi connectivity index (χ1v) is 5.58. The van der Waals surface area contributed by atoms with Crippen molar-refractivity contribution in [1.82, 2.24) is 0 Å². The van der Waals surface area contributed by atoms with Gasteiger partial charge in [0.05, 0.1) is 5.56 Å². The molecule has 1 unspecified atom stereocenters. The summed E-state index contributed by atoms with van der Waals surface area (Å²) in [4.78, 5) is 0. The van der Waals surface area contributed by atoms with Crippen molar-refractivity contribution < 1.29 is 13.2 Å². The fourth-order valence-corrected chi connectivity index (χ4v) is 1.95. The highest BCUT2D eigenvalue weighted by molar-refractivity contribution is 7.28. The number of hydrogen-bond donors (Lipinski definition) is 0. The van der Waals surface area contributed by atoms with Gasteiger partial charge in [0, 0.05) is 0 Å². The Hall–Kier alpha value is -1.34. The molecule has 0 nitrogen and oxygen atoms in total. The van der Waals surface area contributed by atoms with Crippen molar-refractivity contribution in [2.45, 2.75) is 6.18 Å². The molecule has 2 rings (SSSR count). The van der Waals surface area contributed by atoms with Crippen LogP contribution in [-0.2, 0) is 6.18 Å². The summed E-state index contributed by atoms with van der Waals surface area (Å²) in [5.74, 6) is 0. The van der Waals surface area contributed by atoms with E-state index in [4.69, 9.17) is 0 Å². The molecule has 0 fully saturated rings. The summed E-state index contributed by atoms with van der Waals surface area (Å²) in [6.45, 7) is 0. The third-order valence-corrected chi connectivity index (χ3v) is 2.97. The van der Waals surface area contributed by atoms with E-state index in [1.54, 1.807) is 24.3 Å². The Bertz CT molecular complexity index is 518. The summed E-state index contributed by atoms with van der Waals surface area (Å²) in [7, 11) is 2.46. The largest absolute Gasteiger partial charge is 0.416 e. The van der Waals surface area contributed by atoms with Crippen LogP contribution in [0, 0.1) is 0 Å². The lowest BCUT2D eigenvalue weighted by Gasteiger charge is -2.11. The van der Waals surface area contributed by atoms with Crippen LogP contribution in [-0.4, -0.2) is 0 Å². The molecule has 2 aromatic carbocycles. The minimum absolute atomic E-state index is 0.588. The molecule has 0 aliphatic carbocycles. The van der Waals surface area contributed by atoms with Gasteiger partial charge in [0.25, 0.3) is 0 Å². The van der Waals surface area contributed by atoms with Gasteiger partial charge in [-0.1, -0.05) is 36.4 Å². The van der Waals surface area contributed by atoms with Crippen LogP contribution in [0.2, 0.25) is 0 Å². The van der Waals surface area contributed by atoms with Crippen molar-refractivity contribution in [3.8, 4) is 11.1 Å². The van der Waals surface area contributed by atoms with E-state index in [0.29, 0.717) is 5.56 Å². The van der Waals surface area contributed by atoms with Gasteiger partial charge < -0.3 is 0 Å². The minimum atomic E-state index is -4.30. The van der Waals surface area contributed by atoms with E-state index in [2.05, 4.69) is 9.24 Å². The van der Waals surface area contributed by atoms with Crippen LogP contribution in [0.1, 0.15) is 5.56 Å². The average Bonchev–Trinajstić information content (AvgIpc) is 2.29. The van der Waals surface area contributed by atoms with E-state index < -0.39 is 11.7 Å². The zero-order valence-electron chi connectivity index (χ0n) is 8.83. The maximum Gasteiger partial charge on any atom is 0.416 e. The molecule has 2 aromatic rings. The molecule has 0 aromatic heterocycles. The van der Waals surface area contributed by atoms with Gasteiger partial charge in [-0.3, -0.25) is 0 Å². The highest BCUT2D eigenvalue weighted by Crippen LogP contribution is 2.31. The Morgan fingerprint density at radius 2 is 1.53 bits per heavy atom. The summed E-state index contributed by atoms with van der Waals surface area (Å²) in [5.41, 5.74) is 0.747. The molecule has 17 heavy (non-hydrogen) atoms. The fraction of sp³-hybridized carbons (Fsp3) is 0.0769. The maximum atomic E-state index is 12.6. The normalized spacial score (nSPS) is 11.5. The standard InChI is InChI=1S/C13H10F3P/c14-13(15,16)10-6-7-12(17)11(8-10)9-4-2-1-3-5-9/h1-8H,17H2. The van der Waals surface area contributed by atoms with Crippen molar-refractivity contribution in [2.75, 3.05) is 0 Å². The van der Waals surface area contributed by atoms with Crippen molar-refractivity contribution in [1.29, 1.82) is 0 Å². The van der Waals surface area contributed by atoms with Crippen molar-refractivity contribution in [2.24, 2.45) is 0 Å². The van der Waals surface area contributed by atoms with Gasteiger partial charge in [-0.15, -0.1) is 9.24 Å².